The summed E-state index contributed by atoms with van der Waals surface area (Å²) in [4.78, 5) is 14.1. The number of hydrogen-bond acceptors (Lipinski definition) is 3. The van der Waals surface area contributed by atoms with Crippen LogP contribution in [0.15, 0.2) is 18.2 Å². The number of rotatable bonds is 5. The number of carbonyl (C=O) groups excluding carboxylic acids is 1. The first-order chi connectivity index (χ1) is 9.63. The second-order valence-corrected chi connectivity index (χ2v) is 5.46. The maximum Gasteiger partial charge on any atom is 0.263 e. The molecular formula is C15H21ClN2O2. The molecule has 0 saturated carbocycles. The van der Waals surface area contributed by atoms with E-state index in [1.807, 2.05) is 24.1 Å². The molecule has 1 aliphatic heterocycles. The zero-order chi connectivity index (χ0) is 14.5. The number of amides is 1. The van der Waals surface area contributed by atoms with Crippen molar-refractivity contribution >= 4 is 17.5 Å². The summed E-state index contributed by atoms with van der Waals surface area (Å²) in [5, 5.41) is 3.62. The summed E-state index contributed by atoms with van der Waals surface area (Å²) in [7, 11) is 1.86. The molecule has 0 bridgehead atoms. The van der Waals surface area contributed by atoms with Gasteiger partial charge >= 0.3 is 0 Å². The Bertz CT molecular complexity index is 473. The van der Waals surface area contributed by atoms with Crippen molar-refractivity contribution in [3.63, 3.8) is 0 Å². The number of nitrogens with one attached hydrogen (secondary N) is 1. The van der Waals surface area contributed by atoms with Gasteiger partial charge in [-0.15, -0.1) is 0 Å². The summed E-state index contributed by atoms with van der Waals surface area (Å²) in [5.74, 6) is 0.640. The van der Waals surface area contributed by atoms with Gasteiger partial charge in [0.2, 0.25) is 0 Å². The Labute approximate surface area is 125 Å². The third-order valence-corrected chi connectivity index (χ3v) is 3.77. The van der Waals surface area contributed by atoms with Gasteiger partial charge in [-0.2, -0.15) is 0 Å². The molecule has 1 saturated heterocycles. The second kappa shape index (κ2) is 6.95. The Morgan fingerprint density at radius 1 is 1.45 bits per heavy atom. The van der Waals surface area contributed by atoms with E-state index in [0.717, 1.165) is 31.5 Å². The third-order valence-electron chi connectivity index (χ3n) is 3.48. The van der Waals surface area contributed by atoms with Crippen molar-refractivity contribution in [2.45, 2.75) is 32.4 Å². The topological polar surface area (TPSA) is 41.6 Å². The smallest absolute Gasteiger partial charge is 0.263 e. The Morgan fingerprint density at radius 2 is 2.15 bits per heavy atom. The van der Waals surface area contributed by atoms with Crippen molar-refractivity contribution < 1.29 is 9.53 Å². The third kappa shape index (κ3) is 3.44. The summed E-state index contributed by atoms with van der Waals surface area (Å²) in [6.07, 6.45) is 1.65. The zero-order valence-corrected chi connectivity index (χ0v) is 12.7. The van der Waals surface area contributed by atoms with E-state index in [1.54, 1.807) is 13.0 Å². The van der Waals surface area contributed by atoms with Gasteiger partial charge in [0, 0.05) is 25.2 Å². The van der Waals surface area contributed by atoms with Crippen LogP contribution in [0.3, 0.4) is 0 Å². The van der Waals surface area contributed by atoms with E-state index in [9.17, 15) is 4.79 Å². The van der Waals surface area contributed by atoms with Gasteiger partial charge < -0.3 is 15.0 Å². The highest BCUT2D eigenvalue weighted by Crippen LogP contribution is 2.30. The van der Waals surface area contributed by atoms with Crippen LogP contribution in [0.4, 0.5) is 0 Å². The summed E-state index contributed by atoms with van der Waals surface area (Å²) in [6.45, 7) is 4.10. The second-order valence-electron chi connectivity index (χ2n) is 5.05. The molecule has 0 spiro atoms. The van der Waals surface area contributed by atoms with E-state index < -0.39 is 6.10 Å². The maximum atomic E-state index is 12.3. The summed E-state index contributed by atoms with van der Waals surface area (Å²) >= 11 is 6.20. The Hall–Kier alpha value is -1.26. The number of para-hydroxylation sites is 1. The van der Waals surface area contributed by atoms with E-state index in [0.29, 0.717) is 17.3 Å². The van der Waals surface area contributed by atoms with Gasteiger partial charge in [-0.05, 0) is 32.9 Å². The van der Waals surface area contributed by atoms with E-state index in [2.05, 4.69) is 5.32 Å². The molecule has 110 valence electrons. The molecule has 1 fully saturated rings. The van der Waals surface area contributed by atoms with E-state index >= 15 is 0 Å². The lowest BCUT2D eigenvalue weighted by Gasteiger charge is -2.23. The van der Waals surface area contributed by atoms with Crippen molar-refractivity contribution in [3.05, 3.63) is 28.8 Å². The highest BCUT2D eigenvalue weighted by molar-refractivity contribution is 6.32. The SMILES string of the molecule is CNCc1cccc(Cl)c1OC(C)C(=O)N1CCCC1. The van der Waals surface area contributed by atoms with Crippen molar-refractivity contribution in [1.82, 2.24) is 10.2 Å². The molecule has 1 amide bonds. The molecule has 1 aliphatic rings. The Balaban J connectivity index is 2.10. The highest BCUT2D eigenvalue weighted by Gasteiger charge is 2.25. The summed E-state index contributed by atoms with van der Waals surface area (Å²) in [6, 6.07) is 5.61. The van der Waals surface area contributed by atoms with Crippen molar-refractivity contribution in [3.8, 4) is 5.75 Å². The fourth-order valence-electron chi connectivity index (χ4n) is 2.44. The fourth-order valence-corrected chi connectivity index (χ4v) is 2.68. The Kier molecular flexibility index (Phi) is 5.26. The molecule has 20 heavy (non-hydrogen) atoms. The number of benzene rings is 1. The number of halogens is 1. The van der Waals surface area contributed by atoms with Gasteiger partial charge in [0.15, 0.2) is 6.10 Å². The molecule has 1 unspecified atom stereocenters. The molecule has 5 heteroatoms. The molecule has 2 rings (SSSR count). The quantitative estimate of drug-likeness (QED) is 0.907. The van der Waals surface area contributed by atoms with Gasteiger partial charge in [-0.3, -0.25) is 4.79 Å². The van der Waals surface area contributed by atoms with Gasteiger partial charge in [-0.25, -0.2) is 0 Å². The molecule has 4 nitrogen and oxygen atoms in total. The number of hydrogen-bond donors (Lipinski definition) is 1. The van der Waals surface area contributed by atoms with E-state index in [-0.39, 0.29) is 5.91 Å². The maximum absolute atomic E-state index is 12.3. The predicted octanol–water partition coefficient (Wildman–Crippen LogP) is 2.45. The molecule has 1 aromatic carbocycles. The summed E-state index contributed by atoms with van der Waals surface area (Å²) in [5.41, 5.74) is 0.959. The molecule has 0 aromatic heterocycles. The van der Waals surface area contributed by atoms with Gasteiger partial charge in [-0.1, -0.05) is 23.7 Å². The molecule has 0 aliphatic carbocycles. The number of nitrogens with zero attached hydrogens (tertiary/aromatic N) is 1. The van der Waals surface area contributed by atoms with E-state index in [4.69, 9.17) is 16.3 Å². The van der Waals surface area contributed by atoms with Crippen molar-refractivity contribution in [2.24, 2.45) is 0 Å². The zero-order valence-electron chi connectivity index (χ0n) is 12.0. The largest absolute Gasteiger partial charge is 0.479 e. The van der Waals surface area contributed by atoms with Crippen LogP contribution in [0.25, 0.3) is 0 Å². The minimum Gasteiger partial charge on any atom is -0.479 e. The van der Waals surface area contributed by atoms with Crippen LogP contribution >= 0.6 is 11.6 Å². The minimum atomic E-state index is -0.511. The summed E-state index contributed by atoms with van der Waals surface area (Å²) < 4.78 is 5.84. The normalized spacial score (nSPS) is 16.2. The standard InChI is InChI=1S/C15H21ClN2O2/c1-11(15(19)18-8-3-4-9-18)20-14-12(10-17-2)6-5-7-13(14)16/h5-7,11,17H,3-4,8-10H2,1-2H3. The van der Waals surface area contributed by atoms with Crippen LogP contribution in [0, 0.1) is 0 Å². The predicted molar refractivity (Wildman–Crippen MR) is 80.1 cm³/mol. The van der Waals surface area contributed by atoms with Crippen LogP contribution < -0.4 is 10.1 Å². The first-order valence-corrected chi connectivity index (χ1v) is 7.38. The van der Waals surface area contributed by atoms with Crippen LogP contribution in [-0.2, 0) is 11.3 Å². The van der Waals surface area contributed by atoms with Crippen molar-refractivity contribution in [1.29, 1.82) is 0 Å². The van der Waals surface area contributed by atoms with Gasteiger partial charge in [0.05, 0.1) is 5.02 Å². The monoisotopic (exact) mass is 296 g/mol. The van der Waals surface area contributed by atoms with E-state index in [1.165, 1.54) is 0 Å². The average molecular weight is 297 g/mol. The molecular weight excluding hydrogens is 276 g/mol. The van der Waals surface area contributed by atoms with Gasteiger partial charge in [0.1, 0.15) is 5.75 Å². The molecule has 1 N–H and O–H groups in total. The fraction of sp³-hybridized carbons (Fsp3) is 0.533. The van der Waals surface area contributed by atoms with Gasteiger partial charge in [0.25, 0.3) is 5.91 Å². The van der Waals surface area contributed by atoms with Crippen LogP contribution in [0.2, 0.25) is 5.02 Å². The number of likely N-dealkylation sites (tertiary alicyclic amines) is 1. The van der Waals surface area contributed by atoms with Crippen LogP contribution in [0.1, 0.15) is 25.3 Å². The number of carbonyl (C=O) groups is 1. The average Bonchev–Trinajstić information content (AvgIpc) is 2.96. The highest BCUT2D eigenvalue weighted by atomic mass is 35.5. The van der Waals surface area contributed by atoms with Crippen LogP contribution in [0.5, 0.6) is 5.75 Å². The van der Waals surface area contributed by atoms with Crippen molar-refractivity contribution in [2.75, 3.05) is 20.1 Å². The number of ether oxygens (including phenoxy) is 1. The molecule has 0 radical (unpaired) electrons. The van der Waals surface area contributed by atoms with Crippen LogP contribution in [-0.4, -0.2) is 37.0 Å². The Morgan fingerprint density at radius 3 is 2.80 bits per heavy atom. The molecule has 1 heterocycles. The minimum absolute atomic E-state index is 0.0397. The molecule has 1 aromatic rings. The lowest BCUT2D eigenvalue weighted by molar-refractivity contribution is -0.136. The lowest BCUT2D eigenvalue weighted by Crippen LogP contribution is -2.38. The molecule has 1 atom stereocenters. The lowest BCUT2D eigenvalue weighted by atomic mass is 10.2. The first-order valence-electron chi connectivity index (χ1n) is 7.01. The first kappa shape index (κ1) is 15.1.